The molecule has 0 amide bonds. The van der Waals surface area contributed by atoms with Gasteiger partial charge in [-0.3, -0.25) is 9.69 Å². The second-order valence-corrected chi connectivity index (χ2v) is 10.9. The van der Waals surface area contributed by atoms with Gasteiger partial charge in [-0.15, -0.1) is 0 Å². The summed E-state index contributed by atoms with van der Waals surface area (Å²) in [4.78, 5) is 20.4. The molecule has 0 radical (unpaired) electrons. The molecule has 0 aliphatic rings. The summed E-state index contributed by atoms with van der Waals surface area (Å²) in [6.07, 6.45) is 0. The van der Waals surface area contributed by atoms with Gasteiger partial charge in [0, 0.05) is 43.7 Å². The van der Waals surface area contributed by atoms with E-state index < -0.39 is 0 Å². The fraction of sp³-hybridized carbons (Fsp3) is 0.250. The first kappa shape index (κ1) is 27.8. The lowest BCUT2D eigenvalue weighted by Crippen LogP contribution is -2.44. The fourth-order valence-corrected chi connectivity index (χ4v) is 4.85. The van der Waals surface area contributed by atoms with Gasteiger partial charge in [0.1, 0.15) is 5.82 Å². The van der Waals surface area contributed by atoms with Gasteiger partial charge in [-0.2, -0.15) is 0 Å². The molecular weight excluding hydrogens is 550 g/mol. The largest absolute Gasteiger partial charge is 0.370 e. The molecule has 1 unspecified atom stereocenters. The summed E-state index contributed by atoms with van der Waals surface area (Å²) in [6.45, 7) is 2.68. The molecule has 0 fully saturated rings. The predicted octanol–water partition coefficient (Wildman–Crippen LogP) is 7.19. The van der Waals surface area contributed by atoms with Crippen LogP contribution in [-0.2, 0) is 13.1 Å². The molecule has 1 heterocycles. The number of H-pyrrole nitrogens is 1. The van der Waals surface area contributed by atoms with Crippen LogP contribution < -0.4 is 10.7 Å². The molecule has 0 saturated carbocycles. The minimum atomic E-state index is -0.0147. The molecule has 1 atom stereocenters. The van der Waals surface area contributed by atoms with Gasteiger partial charge in [0.2, 0.25) is 0 Å². The predicted molar refractivity (Wildman–Crippen MR) is 158 cm³/mol. The SMILES string of the molecule is CN(C)C(CNc1cc(=O)c2ccccc2[nH]1)CN(Cc1ccc(Cl)c(Cl)c1)Cc1ccc(Cl)c(Cl)c1. The van der Waals surface area contributed by atoms with Crippen molar-refractivity contribution >= 4 is 63.1 Å². The number of benzene rings is 3. The summed E-state index contributed by atoms with van der Waals surface area (Å²) >= 11 is 24.9. The first-order chi connectivity index (χ1) is 17.7. The minimum absolute atomic E-state index is 0.0147. The molecule has 4 aromatic rings. The number of aromatic nitrogens is 1. The zero-order chi connectivity index (χ0) is 26.5. The van der Waals surface area contributed by atoms with Crippen molar-refractivity contribution in [1.82, 2.24) is 14.8 Å². The third-order valence-electron chi connectivity index (χ3n) is 6.25. The molecule has 9 heteroatoms. The highest BCUT2D eigenvalue weighted by Gasteiger charge is 2.18. The van der Waals surface area contributed by atoms with Gasteiger partial charge in [0.25, 0.3) is 0 Å². The monoisotopic (exact) mass is 576 g/mol. The maximum atomic E-state index is 12.5. The van der Waals surface area contributed by atoms with Crippen LogP contribution in [0.15, 0.2) is 71.5 Å². The van der Waals surface area contributed by atoms with Crippen LogP contribution in [0.25, 0.3) is 10.9 Å². The summed E-state index contributed by atoms with van der Waals surface area (Å²) in [5.74, 6) is 0.691. The Morgan fingerprint density at radius 3 is 1.97 bits per heavy atom. The highest BCUT2D eigenvalue weighted by molar-refractivity contribution is 6.42. The van der Waals surface area contributed by atoms with Crippen molar-refractivity contribution in [2.24, 2.45) is 0 Å². The number of aromatic amines is 1. The topological polar surface area (TPSA) is 51.4 Å². The normalized spacial score (nSPS) is 12.4. The van der Waals surface area contributed by atoms with Crippen LogP contribution in [0.1, 0.15) is 11.1 Å². The molecule has 5 nitrogen and oxygen atoms in total. The van der Waals surface area contributed by atoms with E-state index in [1.807, 2.05) is 74.8 Å². The molecule has 2 N–H and O–H groups in total. The molecule has 0 saturated heterocycles. The van der Waals surface area contributed by atoms with Gasteiger partial charge >= 0.3 is 0 Å². The standard InChI is InChI=1S/C28H28Cl4N4O/c1-35(2)20(14-33-28-13-27(37)21-5-3-4-6-26(21)34-28)17-36(15-18-7-9-22(29)24(31)11-18)16-19-8-10-23(30)25(32)12-19/h3-13,20H,14-17H2,1-2H3,(H2,33,34,37). The number of halogens is 4. The summed E-state index contributed by atoms with van der Waals surface area (Å²) in [6, 6.07) is 20.6. The molecule has 0 aliphatic carbocycles. The van der Waals surface area contributed by atoms with E-state index in [0.29, 0.717) is 50.9 Å². The molecule has 0 aliphatic heterocycles. The Kier molecular flexibility index (Phi) is 9.41. The zero-order valence-electron chi connectivity index (χ0n) is 20.6. The number of nitrogens with zero attached hydrogens (tertiary/aromatic N) is 2. The van der Waals surface area contributed by atoms with E-state index >= 15 is 0 Å². The van der Waals surface area contributed by atoms with E-state index in [2.05, 4.69) is 20.1 Å². The Morgan fingerprint density at radius 1 is 0.811 bits per heavy atom. The lowest BCUT2D eigenvalue weighted by Gasteiger charge is -2.32. The van der Waals surface area contributed by atoms with Crippen LogP contribution in [0.4, 0.5) is 5.82 Å². The van der Waals surface area contributed by atoms with Crippen molar-refractivity contribution < 1.29 is 0 Å². The Hall–Kier alpha value is -2.25. The third kappa shape index (κ3) is 7.41. The quantitative estimate of drug-likeness (QED) is 0.209. The number of hydrogen-bond donors (Lipinski definition) is 2. The van der Waals surface area contributed by atoms with E-state index in [-0.39, 0.29) is 11.5 Å². The number of nitrogens with one attached hydrogen (secondary N) is 2. The van der Waals surface area contributed by atoms with Gasteiger partial charge < -0.3 is 15.2 Å². The Balaban J connectivity index is 1.54. The van der Waals surface area contributed by atoms with Crippen molar-refractivity contribution in [3.05, 3.63) is 108 Å². The average Bonchev–Trinajstić information content (AvgIpc) is 2.86. The number of rotatable bonds is 10. The van der Waals surface area contributed by atoms with Crippen molar-refractivity contribution in [2.75, 3.05) is 32.5 Å². The first-order valence-corrected chi connectivity index (χ1v) is 13.3. The highest BCUT2D eigenvalue weighted by Crippen LogP contribution is 2.26. The summed E-state index contributed by atoms with van der Waals surface area (Å²) in [5.41, 5.74) is 2.90. The molecule has 3 aromatic carbocycles. The van der Waals surface area contributed by atoms with Crippen LogP contribution >= 0.6 is 46.4 Å². The summed E-state index contributed by atoms with van der Waals surface area (Å²) in [7, 11) is 4.10. The Bertz CT molecular complexity index is 1390. The van der Waals surface area contributed by atoms with Gasteiger partial charge in [-0.05, 0) is 61.6 Å². The van der Waals surface area contributed by atoms with Crippen LogP contribution in [-0.4, -0.2) is 48.0 Å². The molecule has 1 aromatic heterocycles. The van der Waals surface area contributed by atoms with Gasteiger partial charge in [0.15, 0.2) is 5.43 Å². The summed E-state index contributed by atoms with van der Waals surface area (Å²) in [5, 5.41) is 6.21. The van der Waals surface area contributed by atoms with Crippen molar-refractivity contribution in [1.29, 1.82) is 0 Å². The average molecular weight is 578 g/mol. The van der Waals surface area contributed by atoms with Crippen molar-refractivity contribution in [3.8, 4) is 0 Å². The first-order valence-electron chi connectivity index (χ1n) is 11.8. The number of para-hydroxylation sites is 1. The number of anilines is 1. The van der Waals surface area contributed by atoms with Gasteiger partial charge in [-0.25, -0.2) is 0 Å². The number of pyridine rings is 1. The fourth-order valence-electron chi connectivity index (χ4n) is 4.21. The maximum Gasteiger partial charge on any atom is 0.191 e. The van der Waals surface area contributed by atoms with Crippen LogP contribution in [0.5, 0.6) is 0 Å². The Labute approximate surface area is 236 Å². The van der Waals surface area contributed by atoms with E-state index in [0.717, 1.165) is 23.2 Å². The number of fused-ring (bicyclic) bond motifs is 1. The van der Waals surface area contributed by atoms with Gasteiger partial charge in [0.05, 0.1) is 25.6 Å². The second kappa shape index (κ2) is 12.5. The van der Waals surface area contributed by atoms with Crippen LogP contribution in [0.3, 0.4) is 0 Å². The maximum absolute atomic E-state index is 12.5. The third-order valence-corrected chi connectivity index (χ3v) is 7.72. The highest BCUT2D eigenvalue weighted by atomic mass is 35.5. The lowest BCUT2D eigenvalue weighted by atomic mass is 10.1. The van der Waals surface area contributed by atoms with E-state index in [1.165, 1.54) is 0 Å². The molecule has 37 heavy (non-hydrogen) atoms. The molecule has 0 bridgehead atoms. The second-order valence-electron chi connectivity index (χ2n) is 9.26. The molecule has 194 valence electrons. The van der Waals surface area contributed by atoms with Gasteiger partial charge in [-0.1, -0.05) is 70.7 Å². The zero-order valence-corrected chi connectivity index (χ0v) is 23.6. The molecule has 0 spiro atoms. The lowest BCUT2D eigenvalue weighted by molar-refractivity contribution is 0.176. The summed E-state index contributed by atoms with van der Waals surface area (Å²) < 4.78 is 0. The molecular formula is C28H28Cl4N4O. The number of hydrogen-bond acceptors (Lipinski definition) is 4. The van der Waals surface area contributed by atoms with Crippen molar-refractivity contribution in [2.45, 2.75) is 19.1 Å². The van der Waals surface area contributed by atoms with Crippen molar-refractivity contribution in [3.63, 3.8) is 0 Å². The Morgan fingerprint density at radius 2 is 1.41 bits per heavy atom. The molecule has 4 rings (SSSR count). The van der Waals surface area contributed by atoms with E-state index in [9.17, 15) is 4.79 Å². The number of likely N-dealkylation sites (N-methyl/N-ethyl adjacent to an activating group) is 1. The van der Waals surface area contributed by atoms with E-state index in [4.69, 9.17) is 46.4 Å². The van der Waals surface area contributed by atoms with E-state index in [1.54, 1.807) is 6.07 Å². The van der Waals surface area contributed by atoms with Crippen LogP contribution in [0.2, 0.25) is 20.1 Å². The smallest absolute Gasteiger partial charge is 0.191 e. The minimum Gasteiger partial charge on any atom is -0.370 e. The van der Waals surface area contributed by atoms with Crippen LogP contribution in [0, 0.1) is 0 Å².